The van der Waals surface area contributed by atoms with Crippen molar-refractivity contribution in [2.24, 2.45) is 5.92 Å². The number of Topliss-reactive ketones (excluding diaryl/α,β-unsaturated/α-hetero) is 1. The van der Waals surface area contributed by atoms with E-state index in [1.165, 1.54) is 4.90 Å². The minimum Gasteiger partial charge on any atom is -0.468 e. The van der Waals surface area contributed by atoms with E-state index in [0.29, 0.717) is 0 Å². The van der Waals surface area contributed by atoms with Gasteiger partial charge in [-0.3, -0.25) is 14.5 Å². The second kappa shape index (κ2) is 5.89. The summed E-state index contributed by atoms with van der Waals surface area (Å²) in [5.41, 5.74) is 0.845. The van der Waals surface area contributed by atoms with Gasteiger partial charge >= 0.3 is 11.9 Å². The standard InChI is InChI=1S/C15H17F2NO3/c1-10-12(14(20)21-2)13(19)15(16,17)9-18(10)8-11-6-4-3-5-7-11/h3-7,10,12H,8-9H2,1-2H3. The topological polar surface area (TPSA) is 46.6 Å². The van der Waals surface area contributed by atoms with Gasteiger partial charge in [0, 0.05) is 12.6 Å². The molecule has 0 amide bonds. The van der Waals surface area contributed by atoms with Crippen molar-refractivity contribution in [3.05, 3.63) is 35.9 Å². The van der Waals surface area contributed by atoms with Gasteiger partial charge in [-0.15, -0.1) is 0 Å². The lowest BCUT2D eigenvalue weighted by Crippen LogP contribution is -2.60. The van der Waals surface area contributed by atoms with Crippen molar-refractivity contribution in [1.82, 2.24) is 4.90 Å². The first-order valence-electron chi connectivity index (χ1n) is 6.65. The van der Waals surface area contributed by atoms with Crippen molar-refractivity contribution in [3.8, 4) is 0 Å². The molecule has 2 unspecified atom stereocenters. The number of halogens is 2. The Morgan fingerprint density at radius 2 is 2.00 bits per heavy atom. The lowest BCUT2D eigenvalue weighted by Gasteiger charge is -2.40. The van der Waals surface area contributed by atoms with Gasteiger partial charge in [-0.2, -0.15) is 8.78 Å². The Morgan fingerprint density at radius 3 is 2.57 bits per heavy atom. The van der Waals surface area contributed by atoms with E-state index in [-0.39, 0.29) is 6.54 Å². The molecule has 2 rings (SSSR count). The van der Waals surface area contributed by atoms with Crippen molar-refractivity contribution < 1.29 is 23.1 Å². The number of rotatable bonds is 3. The predicted molar refractivity (Wildman–Crippen MR) is 71.8 cm³/mol. The Kier molecular flexibility index (Phi) is 4.37. The molecule has 1 aromatic carbocycles. The number of benzene rings is 1. The second-order valence-electron chi connectivity index (χ2n) is 5.20. The van der Waals surface area contributed by atoms with Crippen LogP contribution in [-0.2, 0) is 20.9 Å². The maximum Gasteiger partial charge on any atom is 0.318 e. The van der Waals surface area contributed by atoms with Crippen molar-refractivity contribution in [2.75, 3.05) is 13.7 Å². The average molecular weight is 297 g/mol. The zero-order valence-corrected chi connectivity index (χ0v) is 11.9. The van der Waals surface area contributed by atoms with Crippen LogP contribution in [0.4, 0.5) is 8.78 Å². The van der Waals surface area contributed by atoms with Crippen LogP contribution in [0.3, 0.4) is 0 Å². The quantitative estimate of drug-likeness (QED) is 0.631. The van der Waals surface area contributed by atoms with Crippen molar-refractivity contribution in [3.63, 3.8) is 0 Å². The molecule has 0 saturated carbocycles. The highest BCUT2D eigenvalue weighted by Crippen LogP contribution is 2.33. The normalized spacial score (nSPS) is 25.6. The van der Waals surface area contributed by atoms with Crippen LogP contribution in [0.1, 0.15) is 12.5 Å². The summed E-state index contributed by atoms with van der Waals surface area (Å²) in [4.78, 5) is 24.9. The molecule has 1 heterocycles. The number of likely N-dealkylation sites (tertiary alicyclic amines) is 1. The van der Waals surface area contributed by atoms with E-state index in [1.54, 1.807) is 6.92 Å². The SMILES string of the molecule is COC(=O)C1C(=O)C(F)(F)CN(Cc2ccccc2)C1C. The summed E-state index contributed by atoms with van der Waals surface area (Å²) in [6.45, 7) is 1.16. The molecule has 2 atom stereocenters. The Hall–Kier alpha value is -1.82. The molecule has 0 N–H and O–H groups in total. The summed E-state index contributed by atoms with van der Waals surface area (Å²) < 4.78 is 32.2. The largest absolute Gasteiger partial charge is 0.468 e. The van der Waals surface area contributed by atoms with Crippen LogP contribution in [0.5, 0.6) is 0 Å². The minimum atomic E-state index is -3.54. The molecule has 1 saturated heterocycles. The van der Waals surface area contributed by atoms with Crippen LogP contribution in [0.15, 0.2) is 30.3 Å². The van der Waals surface area contributed by atoms with E-state index >= 15 is 0 Å². The van der Waals surface area contributed by atoms with E-state index in [9.17, 15) is 18.4 Å². The second-order valence-corrected chi connectivity index (χ2v) is 5.20. The van der Waals surface area contributed by atoms with Gasteiger partial charge in [-0.1, -0.05) is 30.3 Å². The third kappa shape index (κ3) is 3.10. The monoisotopic (exact) mass is 297 g/mol. The first-order chi connectivity index (χ1) is 9.86. The van der Waals surface area contributed by atoms with E-state index in [2.05, 4.69) is 4.74 Å². The number of carbonyl (C=O) groups is 2. The van der Waals surface area contributed by atoms with Crippen LogP contribution in [0.2, 0.25) is 0 Å². The number of carbonyl (C=O) groups excluding carboxylic acids is 2. The van der Waals surface area contributed by atoms with Crippen LogP contribution >= 0.6 is 0 Å². The molecule has 21 heavy (non-hydrogen) atoms. The molecule has 1 aromatic rings. The minimum absolute atomic E-state index is 0.248. The first-order valence-corrected chi connectivity index (χ1v) is 6.65. The van der Waals surface area contributed by atoms with Gasteiger partial charge < -0.3 is 4.74 Å². The van der Waals surface area contributed by atoms with Gasteiger partial charge in [0.25, 0.3) is 0 Å². The molecule has 0 aliphatic carbocycles. The van der Waals surface area contributed by atoms with Crippen molar-refractivity contribution in [2.45, 2.75) is 25.4 Å². The molecule has 0 radical (unpaired) electrons. The summed E-state index contributed by atoms with van der Waals surface area (Å²) >= 11 is 0. The van der Waals surface area contributed by atoms with Crippen molar-refractivity contribution >= 4 is 11.8 Å². The molecule has 0 spiro atoms. The van der Waals surface area contributed by atoms with Crippen molar-refractivity contribution in [1.29, 1.82) is 0 Å². The third-order valence-corrected chi connectivity index (χ3v) is 3.79. The molecule has 1 aliphatic rings. The fourth-order valence-electron chi connectivity index (χ4n) is 2.58. The third-order valence-electron chi connectivity index (χ3n) is 3.79. The van der Waals surface area contributed by atoms with Crippen LogP contribution in [0.25, 0.3) is 0 Å². The Morgan fingerprint density at radius 1 is 1.38 bits per heavy atom. The number of ketones is 1. The van der Waals surface area contributed by atoms with Crippen LogP contribution in [-0.4, -0.2) is 42.3 Å². The number of ether oxygens (including phenoxy) is 1. The fraction of sp³-hybridized carbons (Fsp3) is 0.467. The lowest BCUT2D eigenvalue weighted by molar-refractivity contribution is -0.174. The van der Waals surface area contributed by atoms with Gasteiger partial charge in [0.15, 0.2) is 0 Å². The molecule has 6 heteroatoms. The highest BCUT2D eigenvalue weighted by Gasteiger charge is 2.55. The predicted octanol–water partition coefficient (Wildman–Crippen LogP) is 1.88. The number of piperidine rings is 1. The highest BCUT2D eigenvalue weighted by atomic mass is 19.3. The molecular formula is C15H17F2NO3. The number of methoxy groups -OCH3 is 1. The lowest BCUT2D eigenvalue weighted by atomic mass is 9.86. The van der Waals surface area contributed by atoms with E-state index in [1.807, 2.05) is 30.3 Å². The molecule has 114 valence electrons. The molecule has 1 aliphatic heterocycles. The van der Waals surface area contributed by atoms with E-state index in [4.69, 9.17) is 0 Å². The summed E-state index contributed by atoms with van der Waals surface area (Å²) in [6.07, 6.45) is 0. The maximum absolute atomic E-state index is 13.9. The Balaban J connectivity index is 2.26. The highest BCUT2D eigenvalue weighted by molar-refractivity contribution is 6.04. The summed E-state index contributed by atoms with van der Waals surface area (Å²) in [5.74, 6) is -7.27. The zero-order valence-electron chi connectivity index (χ0n) is 11.9. The van der Waals surface area contributed by atoms with E-state index in [0.717, 1.165) is 12.7 Å². The van der Waals surface area contributed by atoms with Gasteiger partial charge in [0.2, 0.25) is 5.78 Å². The molecule has 1 fully saturated rings. The van der Waals surface area contributed by atoms with E-state index < -0.39 is 36.2 Å². The Labute approximate surface area is 121 Å². The fourth-order valence-corrected chi connectivity index (χ4v) is 2.58. The first kappa shape index (κ1) is 15.6. The maximum atomic E-state index is 13.9. The molecule has 4 nitrogen and oxygen atoms in total. The van der Waals surface area contributed by atoms with Gasteiger partial charge in [-0.05, 0) is 12.5 Å². The zero-order chi connectivity index (χ0) is 15.6. The van der Waals surface area contributed by atoms with Gasteiger partial charge in [0.05, 0.1) is 13.7 Å². The number of alkyl halides is 2. The van der Waals surface area contributed by atoms with Crippen LogP contribution < -0.4 is 0 Å². The summed E-state index contributed by atoms with van der Waals surface area (Å²) in [6, 6.07) is 8.45. The van der Waals surface area contributed by atoms with Gasteiger partial charge in [-0.25, -0.2) is 0 Å². The summed E-state index contributed by atoms with van der Waals surface area (Å²) in [5, 5.41) is 0. The smallest absolute Gasteiger partial charge is 0.318 e. The molecular weight excluding hydrogens is 280 g/mol. The average Bonchev–Trinajstić information content (AvgIpc) is 2.46. The number of hydrogen-bond acceptors (Lipinski definition) is 4. The molecule has 0 aromatic heterocycles. The number of nitrogens with zero attached hydrogens (tertiary/aromatic N) is 1. The molecule has 0 bridgehead atoms. The number of esters is 1. The van der Waals surface area contributed by atoms with Crippen LogP contribution in [0, 0.1) is 5.92 Å². The Bertz CT molecular complexity index is 533. The number of hydrogen-bond donors (Lipinski definition) is 0. The van der Waals surface area contributed by atoms with Gasteiger partial charge in [0.1, 0.15) is 5.92 Å². The summed E-state index contributed by atoms with van der Waals surface area (Å²) in [7, 11) is 1.09.